The summed E-state index contributed by atoms with van der Waals surface area (Å²) in [5.74, 6) is 0.307. The molecule has 2 aromatic heterocycles. The van der Waals surface area contributed by atoms with Gasteiger partial charge in [0.1, 0.15) is 6.07 Å². The van der Waals surface area contributed by atoms with Crippen LogP contribution in [0.3, 0.4) is 0 Å². The fraction of sp³-hybridized carbons (Fsp3) is 0.176. The molecule has 0 aliphatic heterocycles. The van der Waals surface area contributed by atoms with Crippen molar-refractivity contribution >= 4 is 17.7 Å². The van der Waals surface area contributed by atoms with E-state index >= 15 is 0 Å². The van der Waals surface area contributed by atoms with Crippen LogP contribution in [0.1, 0.15) is 28.7 Å². The molecule has 1 aromatic carbocycles. The van der Waals surface area contributed by atoms with Crippen molar-refractivity contribution in [2.45, 2.75) is 17.7 Å². The number of esters is 1. The van der Waals surface area contributed by atoms with E-state index in [1.807, 2.05) is 0 Å². The molecule has 0 aliphatic carbocycles. The molecule has 0 amide bonds. The van der Waals surface area contributed by atoms with Crippen molar-refractivity contribution in [3.63, 3.8) is 0 Å². The first-order valence-corrected chi connectivity index (χ1v) is 8.91. The Kier molecular flexibility index (Phi) is 5.63. The fourth-order valence-corrected chi connectivity index (χ4v) is 3.26. The number of ether oxygens (including phenoxy) is 1. The number of aromatic nitrogens is 5. The molecule has 10 heteroatoms. The van der Waals surface area contributed by atoms with Gasteiger partial charge in [-0.2, -0.15) is 10.5 Å². The van der Waals surface area contributed by atoms with E-state index in [1.54, 1.807) is 31.2 Å². The maximum Gasteiger partial charge on any atom is 0.338 e. The number of carbonyl (C=O) groups is 1. The van der Waals surface area contributed by atoms with Crippen LogP contribution in [-0.2, 0) is 10.5 Å². The highest BCUT2D eigenvalue weighted by atomic mass is 32.2. The molecule has 0 aliphatic rings. The number of benzene rings is 1. The first-order chi connectivity index (χ1) is 13.1. The van der Waals surface area contributed by atoms with Gasteiger partial charge >= 0.3 is 5.97 Å². The van der Waals surface area contributed by atoms with Gasteiger partial charge < -0.3 is 9.72 Å². The lowest BCUT2D eigenvalue weighted by molar-refractivity contribution is 0.0526. The maximum absolute atomic E-state index is 12.1. The van der Waals surface area contributed by atoms with Crippen LogP contribution in [0.4, 0.5) is 0 Å². The molecule has 3 aromatic rings. The Hall–Kier alpha value is -3.45. The van der Waals surface area contributed by atoms with Gasteiger partial charge in [-0.25, -0.2) is 4.79 Å². The molecule has 27 heavy (non-hydrogen) atoms. The quantitative estimate of drug-likeness (QED) is 0.487. The van der Waals surface area contributed by atoms with Crippen molar-refractivity contribution in [2.24, 2.45) is 0 Å². The molecule has 0 fully saturated rings. The lowest BCUT2D eigenvalue weighted by Crippen LogP contribution is -2.09. The summed E-state index contributed by atoms with van der Waals surface area (Å²) in [6.07, 6.45) is 0. The molecule has 136 valence electrons. The monoisotopic (exact) mass is 382 g/mol. The number of aromatic amines is 2. The number of hydrogen-bond donors (Lipinski definition) is 2. The zero-order chi connectivity index (χ0) is 19.2. The summed E-state index contributed by atoms with van der Waals surface area (Å²) < 4.78 is 5.00. The number of nitriles is 1. The third kappa shape index (κ3) is 4.21. The van der Waals surface area contributed by atoms with Gasteiger partial charge in [0.25, 0.3) is 0 Å². The van der Waals surface area contributed by atoms with Crippen molar-refractivity contribution in [1.29, 1.82) is 5.26 Å². The van der Waals surface area contributed by atoms with Gasteiger partial charge in [0.15, 0.2) is 5.82 Å². The van der Waals surface area contributed by atoms with Crippen molar-refractivity contribution in [3.8, 4) is 17.2 Å². The normalized spacial score (nSPS) is 10.4. The van der Waals surface area contributed by atoms with Gasteiger partial charge in [0, 0.05) is 11.6 Å². The van der Waals surface area contributed by atoms with E-state index in [9.17, 15) is 14.9 Å². The number of thioether (sulfide) groups is 1. The van der Waals surface area contributed by atoms with E-state index in [2.05, 4.69) is 31.7 Å². The van der Waals surface area contributed by atoms with Crippen LogP contribution in [0.15, 0.2) is 40.2 Å². The number of nitrogens with zero attached hydrogens (tertiary/aromatic N) is 4. The summed E-state index contributed by atoms with van der Waals surface area (Å²) in [6, 6.07) is 10.1. The first-order valence-electron chi connectivity index (χ1n) is 7.92. The van der Waals surface area contributed by atoms with Crippen LogP contribution in [0.25, 0.3) is 11.1 Å². The Balaban J connectivity index is 2.00. The average Bonchev–Trinajstić information content (AvgIpc) is 3.20. The number of rotatable bonds is 6. The molecule has 0 spiro atoms. The summed E-state index contributed by atoms with van der Waals surface area (Å²) in [6.45, 7) is 1.98. The lowest BCUT2D eigenvalue weighted by Gasteiger charge is -2.10. The SMILES string of the molecule is CCOC(=O)c1cccc(-c2cc(=O)[nH]c(SCc3nn[nH]n3)c2C#N)c1. The molecule has 9 nitrogen and oxygen atoms in total. The zero-order valence-electron chi connectivity index (χ0n) is 14.2. The van der Waals surface area contributed by atoms with Gasteiger partial charge in [-0.15, -0.1) is 10.2 Å². The molecule has 0 bridgehead atoms. The fourth-order valence-electron chi connectivity index (χ4n) is 2.39. The summed E-state index contributed by atoms with van der Waals surface area (Å²) in [5.41, 5.74) is 1.29. The summed E-state index contributed by atoms with van der Waals surface area (Å²) in [4.78, 5) is 26.7. The third-order valence-electron chi connectivity index (χ3n) is 3.54. The molecule has 0 saturated heterocycles. The molecule has 0 unspecified atom stereocenters. The van der Waals surface area contributed by atoms with Crippen LogP contribution >= 0.6 is 11.8 Å². The molecule has 2 N–H and O–H groups in total. The Labute approximate surface area is 157 Å². The Bertz CT molecular complexity index is 1060. The molecular weight excluding hydrogens is 368 g/mol. The minimum atomic E-state index is -0.464. The van der Waals surface area contributed by atoms with Gasteiger partial charge in [-0.3, -0.25) is 4.79 Å². The Morgan fingerprint density at radius 1 is 1.37 bits per heavy atom. The summed E-state index contributed by atoms with van der Waals surface area (Å²) in [5, 5.41) is 23.5. The summed E-state index contributed by atoms with van der Waals surface area (Å²) in [7, 11) is 0. The first kappa shape index (κ1) is 18.3. The number of hydrogen-bond acceptors (Lipinski definition) is 8. The lowest BCUT2D eigenvalue weighted by atomic mass is 10.0. The number of pyridine rings is 1. The standard InChI is InChI=1S/C17H14N6O3S/c1-2-26-17(25)11-5-3-4-10(6-11)12-7-15(24)19-16(13(12)8-18)27-9-14-20-22-23-21-14/h3-7H,2,9H2,1H3,(H,19,24)(H,20,21,22,23). The van der Waals surface area contributed by atoms with Crippen molar-refractivity contribution < 1.29 is 9.53 Å². The van der Waals surface area contributed by atoms with E-state index in [-0.39, 0.29) is 12.2 Å². The molecule has 2 heterocycles. The number of tetrazole rings is 1. The van der Waals surface area contributed by atoms with Crippen LogP contribution in [-0.4, -0.2) is 38.2 Å². The smallest absolute Gasteiger partial charge is 0.338 e. The molecule has 0 atom stereocenters. The third-order valence-corrected chi connectivity index (χ3v) is 4.54. The Morgan fingerprint density at radius 2 is 2.22 bits per heavy atom. The highest BCUT2D eigenvalue weighted by molar-refractivity contribution is 7.98. The van der Waals surface area contributed by atoms with E-state index in [4.69, 9.17) is 4.74 Å². The average molecular weight is 382 g/mol. The number of H-pyrrole nitrogens is 2. The minimum absolute atomic E-state index is 0.258. The Morgan fingerprint density at radius 3 is 2.93 bits per heavy atom. The van der Waals surface area contributed by atoms with Crippen molar-refractivity contribution in [2.75, 3.05) is 6.61 Å². The van der Waals surface area contributed by atoms with Gasteiger partial charge in [-0.05, 0) is 24.6 Å². The van der Waals surface area contributed by atoms with Gasteiger partial charge in [0.05, 0.1) is 28.5 Å². The molecular formula is C17H14N6O3S. The highest BCUT2D eigenvalue weighted by Crippen LogP contribution is 2.30. The van der Waals surface area contributed by atoms with Crippen LogP contribution in [0, 0.1) is 11.3 Å². The predicted molar refractivity (Wildman–Crippen MR) is 96.9 cm³/mol. The molecule has 0 saturated carbocycles. The number of carbonyl (C=O) groups excluding carboxylic acids is 1. The van der Waals surface area contributed by atoms with E-state index in [0.717, 1.165) is 0 Å². The van der Waals surface area contributed by atoms with Crippen LogP contribution < -0.4 is 5.56 Å². The van der Waals surface area contributed by atoms with Crippen molar-refractivity contribution in [1.82, 2.24) is 25.6 Å². The van der Waals surface area contributed by atoms with Crippen molar-refractivity contribution in [3.05, 3.63) is 57.6 Å². The minimum Gasteiger partial charge on any atom is -0.462 e. The molecule has 3 rings (SSSR count). The van der Waals surface area contributed by atoms with Gasteiger partial charge in [-0.1, -0.05) is 29.1 Å². The second-order valence-corrected chi connectivity index (χ2v) is 6.27. The predicted octanol–water partition coefficient (Wildman–Crippen LogP) is 1.90. The zero-order valence-corrected chi connectivity index (χ0v) is 15.0. The number of nitrogens with one attached hydrogen (secondary N) is 2. The highest BCUT2D eigenvalue weighted by Gasteiger charge is 2.15. The van der Waals surface area contributed by atoms with Crippen LogP contribution in [0.2, 0.25) is 0 Å². The van der Waals surface area contributed by atoms with E-state index in [0.29, 0.717) is 38.9 Å². The molecule has 0 radical (unpaired) electrons. The van der Waals surface area contributed by atoms with Gasteiger partial charge in [0.2, 0.25) is 5.56 Å². The van der Waals surface area contributed by atoms with E-state index < -0.39 is 5.97 Å². The second-order valence-electron chi connectivity index (χ2n) is 5.28. The second kappa shape index (κ2) is 8.29. The maximum atomic E-state index is 12.1. The van der Waals surface area contributed by atoms with Crippen LogP contribution in [0.5, 0.6) is 0 Å². The summed E-state index contributed by atoms with van der Waals surface area (Å²) >= 11 is 1.22. The largest absolute Gasteiger partial charge is 0.462 e. The van der Waals surface area contributed by atoms with E-state index in [1.165, 1.54) is 17.8 Å². The topological polar surface area (TPSA) is 137 Å².